The molecule has 126 valence electrons. The van der Waals surface area contributed by atoms with Crippen molar-refractivity contribution in [2.75, 3.05) is 20.2 Å². The van der Waals surface area contributed by atoms with E-state index in [1.807, 2.05) is 29.2 Å². The summed E-state index contributed by atoms with van der Waals surface area (Å²) >= 11 is 0. The molecule has 1 spiro atoms. The number of aromatic amines is 1. The average molecular weight is 328 g/mol. The van der Waals surface area contributed by atoms with Crippen molar-refractivity contribution in [3.8, 4) is 5.75 Å². The molecule has 0 bridgehead atoms. The van der Waals surface area contributed by atoms with Gasteiger partial charge in [-0.2, -0.15) is 0 Å². The van der Waals surface area contributed by atoms with Gasteiger partial charge in [-0.05, 0) is 48.9 Å². The molecule has 1 aliphatic carbocycles. The molecule has 1 saturated carbocycles. The molecule has 2 heterocycles. The predicted molar refractivity (Wildman–Crippen MR) is 88.2 cm³/mol. The van der Waals surface area contributed by atoms with Crippen LogP contribution in [0.1, 0.15) is 29.8 Å². The summed E-state index contributed by atoms with van der Waals surface area (Å²) in [4.78, 5) is 28.8. The fourth-order valence-corrected chi connectivity index (χ4v) is 3.93. The van der Waals surface area contributed by atoms with E-state index >= 15 is 0 Å². The van der Waals surface area contributed by atoms with Crippen LogP contribution >= 0.6 is 0 Å². The Kier molecular flexibility index (Phi) is 3.30. The Hall–Kier alpha value is -2.50. The van der Waals surface area contributed by atoms with Crippen LogP contribution in [0.15, 0.2) is 24.3 Å². The van der Waals surface area contributed by atoms with Gasteiger partial charge in [-0.3, -0.25) is 9.59 Å². The van der Waals surface area contributed by atoms with Gasteiger partial charge in [0.1, 0.15) is 11.4 Å². The summed E-state index contributed by atoms with van der Waals surface area (Å²) in [5, 5.41) is 10.1. The monoisotopic (exact) mass is 328 g/mol. The Morgan fingerprint density at radius 2 is 2.04 bits per heavy atom. The Bertz CT molecular complexity index is 818. The number of nitrogens with zero attached hydrogens (tertiary/aromatic N) is 1. The van der Waals surface area contributed by atoms with Gasteiger partial charge in [0.2, 0.25) is 0 Å². The van der Waals surface area contributed by atoms with Crippen LogP contribution in [-0.2, 0) is 4.79 Å². The van der Waals surface area contributed by atoms with Crippen LogP contribution in [0.5, 0.6) is 5.75 Å². The number of aromatic nitrogens is 1. The van der Waals surface area contributed by atoms with E-state index in [0.29, 0.717) is 18.8 Å². The van der Waals surface area contributed by atoms with Crippen LogP contribution in [0.2, 0.25) is 0 Å². The van der Waals surface area contributed by atoms with Crippen molar-refractivity contribution in [1.29, 1.82) is 0 Å². The number of carboxylic acids is 1. The van der Waals surface area contributed by atoms with Crippen LogP contribution in [-0.4, -0.2) is 47.1 Å². The third-order valence-electron chi connectivity index (χ3n) is 5.59. The molecule has 6 heteroatoms. The number of piperidine rings is 1. The molecule has 0 radical (unpaired) electrons. The minimum Gasteiger partial charge on any atom is -0.497 e. The number of carbonyl (C=O) groups is 2. The van der Waals surface area contributed by atoms with Gasteiger partial charge in [-0.25, -0.2) is 0 Å². The number of benzene rings is 1. The maximum absolute atomic E-state index is 12.7. The minimum absolute atomic E-state index is 0.0208. The second kappa shape index (κ2) is 5.26. The molecule has 1 aromatic heterocycles. The molecule has 2 aliphatic rings. The smallest absolute Gasteiger partial charge is 0.307 e. The zero-order valence-corrected chi connectivity index (χ0v) is 13.5. The number of carbonyl (C=O) groups excluding carboxylic acids is 1. The number of likely N-dealkylation sites (tertiary alicyclic amines) is 1. The first-order valence-electron chi connectivity index (χ1n) is 8.21. The lowest BCUT2D eigenvalue weighted by atomic mass is 9.90. The highest BCUT2D eigenvalue weighted by Crippen LogP contribution is 2.59. The number of amides is 1. The molecule has 4 rings (SSSR count). The Balaban J connectivity index is 1.48. The zero-order valence-electron chi connectivity index (χ0n) is 13.5. The largest absolute Gasteiger partial charge is 0.497 e. The summed E-state index contributed by atoms with van der Waals surface area (Å²) in [7, 11) is 1.62. The number of ether oxygens (including phenoxy) is 1. The minimum atomic E-state index is -0.695. The molecule has 24 heavy (non-hydrogen) atoms. The third-order valence-corrected chi connectivity index (χ3v) is 5.59. The summed E-state index contributed by atoms with van der Waals surface area (Å²) < 4.78 is 5.21. The number of fused-ring (bicyclic) bond motifs is 1. The third kappa shape index (κ3) is 2.33. The molecular weight excluding hydrogens is 308 g/mol. The summed E-state index contributed by atoms with van der Waals surface area (Å²) in [5.41, 5.74) is 1.41. The first-order chi connectivity index (χ1) is 11.5. The van der Waals surface area contributed by atoms with Crippen LogP contribution in [0.4, 0.5) is 0 Å². The predicted octanol–water partition coefficient (Wildman–Crippen LogP) is 2.50. The molecule has 1 saturated heterocycles. The number of hydrogen-bond acceptors (Lipinski definition) is 3. The molecule has 1 unspecified atom stereocenters. The van der Waals surface area contributed by atoms with E-state index in [1.165, 1.54) is 0 Å². The number of aliphatic carboxylic acids is 1. The van der Waals surface area contributed by atoms with Gasteiger partial charge in [0, 0.05) is 24.0 Å². The lowest BCUT2D eigenvalue weighted by Gasteiger charge is -2.32. The van der Waals surface area contributed by atoms with Crippen LogP contribution < -0.4 is 4.74 Å². The Labute approximate surface area is 139 Å². The van der Waals surface area contributed by atoms with Crippen molar-refractivity contribution in [3.63, 3.8) is 0 Å². The van der Waals surface area contributed by atoms with E-state index in [1.54, 1.807) is 7.11 Å². The van der Waals surface area contributed by atoms with Gasteiger partial charge in [0.25, 0.3) is 5.91 Å². The Morgan fingerprint density at radius 3 is 2.67 bits per heavy atom. The quantitative estimate of drug-likeness (QED) is 0.907. The van der Waals surface area contributed by atoms with Crippen molar-refractivity contribution in [2.45, 2.75) is 19.3 Å². The fraction of sp³-hybridized carbons (Fsp3) is 0.444. The van der Waals surface area contributed by atoms with Gasteiger partial charge >= 0.3 is 5.97 Å². The van der Waals surface area contributed by atoms with E-state index in [9.17, 15) is 9.59 Å². The molecule has 2 aromatic rings. The van der Waals surface area contributed by atoms with Crippen LogP contribution in [0.3, 0.4) is 0 Å². The molecule has 1 aliphatic heterocycles. The lowest BCUT2D eigenvalue weighted by molar-refractivity contribution is -0.139. The maximum atomic E-state index is 12.7. The van der Waals surface area contributed by atoms with Gasteiger partial charge in [-0.15, -0.1) is 0 Å². The molecule has 2 N–H and O–H groups in total. The van der Waals surface area contributed by atoms with E-state index in [4.69, 9.17) is 9.84 Å². The molecule has 1 aromatic carbocycles. The standard InChI is InChI=1S/C18H20N2O4/c1-24-12-2-3-14-11(8-12)9-15(19-14)16(21)20-6-4-18(5-7-20)10-13(18)17(22)23/h2-3,8-9,13,19H,4-7,10H2,1H3,(H,22,23). The molecule has 1 amide bonds. The van der Waals surface area contributed by atoms with Gasteiger partial charge < -0.3 is 19.7 Å². The van der Waals surface area contributed by atoms with Crippen molar-refractivity contribution in [1.82, 2.24) is 9.88 Å². The van der Waals surface area contributed by atoms with E-state index < -0.39 is 5.97 Å². The average Bonchev–Trinajstić information content (AvgIpc) is 3.13. The van der Waals surface area contributed by atoms with Gasteiger partial charge in [-0.1, -0.05) is 0 Å². The van der Waals surface area contributed by atoms with Crippen molar-refractivity contribution >= 4 is 22.8 Å². The van der Waals surface area contributed by atoms with Crippen molar-refractivity contribution in [2.24, 2.45) is 11.3 Å². The van der Waals surface area contributed by atoms with Gasteiger partial charge in [0.15, 0.2) is 0 Å². The van der Waals surface area contributed by atoms with Crippen molar-refractivity contribution < 1.29 is 19.4 Å². The molecule has 6 nitrogen and oxygen atoms in total. The number of hydrogen-bond donors (Lipinski definition) is 2. The Morgan fingerprint density at radius 1 is 1.29 bits per heavy atom. The number of nitrogens with one attached hydrogen (secondary N) is 1. The lowest BCUT2D eigenvalue weighted by Crippen LogP contribution is -2.40. The first kappa shape index (κ1) is 15.1. The second-order valence-corrected chi connectivity index (χ2v) is 6.89. The number of methoxy groups -OCH3 is 1. The number of H-pyrrole nitrogens is 1. The highest BCUT2D eigenvalue weighted by molar-refractivity contribution is 5.98. The fourth-order valence-electron chi connectivity index (χ4n) is 3.93. The summed E-state index contributed by atoms with van der Waals surface area (Å²) in [6, 6.07) is 7.51. The highest BCUT2D eigenvalue weighted by atomic mass is 16.5. The maximum Gasteiger partial charge on any atom is 0.307 e. The van der Waals surface area contributed by atoms with Crippen molar-refractivity contribution in [3.05, 3.63) is 30.0 Å². The van der Waals surface area contributed by atoms with E-state index in [0.717, 1.165) is 35.9 Å². The topological polar surface area (TPSA) is 82.6 Å². The first-order valence-corrected chi connectivity index (χ1v) is 8.21. The van der Waals surface area contributed by atoms with E-state index in [2.05, 4.69) is 4.98 Å². The summed E-state index contributed by atoms with van der Waals surface area (Å²) in [6.45, 7) is 1.25. The number of rotatable bonds is 3. The second-order valence-electron chi connectivity index (χ2n) is 6.89. The molecule has 1 atom stereocenters. The number of carboxylic acid groups (broad SMARTS) is 1. The van der Waals surface area contributed by atoms with Crippen LogP contribution in [0.25, 0.3) is 10.9 Å². The molecule has 2 fully saturated rings. The highest BCUT2D eigenvalue weighted by Gasteiger charge is 2.59. The van der Waals surface area contributed by atoms with E-state index in [-0.39, 0.29) is 17.2 Å². The zero-order chi connectivity index (χ0) is 16.9. The SMILES string of the molecule is COc1ccc2[nH]c(C(=O)N3CCC4(CC3)CC4C(=O)O)cc2c1. The normalized spacial score (nSPS) is 21.9. The van der Waals surface area contributed by atoms with Crippen LogP contribution in [0, 0.1) is 11.3 Å². The summed E-state index contributed by atoms with van der Waals surface area (Å²) in [6.07, 6.45) is 2.32. The molecular formula is C18H20N2O4. The van der Waals surface area contributed by atoms with Gasteiger partial charge in [0.05, 0.1) is 13.0 Å². The summed E-state index contributed by atoms with van der Waals surface area (Å²) in [5.74, 6) is -0.170.